The van der Waals surface area contributed by atoms with E-state index >= 15 is 0 Å². The maximum atomic E-state index is 12.4. The van der Waals surface area contributed by atoms with Gasteiger partial charge in [-0.25, -0.2) is 13.1 Å². The Kier molecular flexibility index (Phi) is 4.51. The summed E-state index contributed by atoms with van der Waals surface area (Å²) in [6.07, 6.45) is 4.47. The third-order valence-corrected chi connectivity index (χ3v) is 5.22. The smallest absolute Gasteiger partial charge is 0.224 e. The van der Waals surface area contributed by atoms with E-state index in [1.165, 1.54) is 6.42 Å². The number of carbonyl (C=O) groups is 1. The molecule has 1 amide bonds. The molecule has 2 atom stereocenters. The number of hydrogen-bond acceptors (Lipinski definition) is 4. The summed E-state index contributed by atoms with van der Waals surface area (Å²) in [5.74, 6) is 3.04. The first kappa shape index (κ1) is 16.5. The van der Waals surface area contributed by atoms with Gasteiger partial charge in [0.15, 0.2) is 0 Å². The minimum absolute atomic E-state index is 0.0265. The van der Waals surface area contributed by atoms with Gasteiger partial charge in [-0.15, -0.1) is 0 Å². The first-order chi connectivity index (χ1) is 10.8. The van der Waals surface area contributed by atoms with Crippen molar-refractivity contribution in [2.75, 3.05) is 12.8 Å². The molecule has 0 radical (unpaired) electrons. The molecule has 0 unspecified atom stereocenters. The van der Waals surface area contributed by atoms with Crippen molar-refractivity contribution in [3.8, 4) is 0 Å². The Morgan fingerprint density at radius 3 is 2.65 bits per heavy atom. The van der Waals surface area contributed by atoms with Gasteiger partial charge in [-0.1, -0.05) is 6.92 Å². The lowest BCUT2D eigenvalue weighted by Crippen LogP contribution is -2.35. The molecule has 23 heavy (non-hydrogen) atoms. The van der Waals surface area contributed by atoms with Gasteiger partial charge in [-0.3, -0.25) is 4.79 Å². The van der Waals surface area contributed by atoms with Gasteiger partial charge in [0, 0.05) is 24.9 Å². The van der Waals surface area contributed by atoms with Gasteiger partial charge in [-0.2, -0.15) is 0 Å². The highest BCUT2D eigenvalue weighted by molar-refractivity contribution is 7.88. The molecule has 128 valence electrons. The Labute approximate surface area is 137 Å². The maximum Gasteiger partial charge on any atom is 0.224 e. The second-order valence-electron chi connectivity index (χ2n) is 6.79. The standard InChI is InChI=1S/C16H24N2O4S/c1-11-9-14(11)15-6-5-13(22-15)10-18(12-3-4-12)16(19)7-8-17-23(2,20)21/h5-6,11-12,14,17H,3-4,7-10H2,1-2H3/t11-,14+/m0/s1. The van der Waals surface area contributed by atoms with Crippen LogP contribution in [-0.4, -0.2) is 38.1 Å². The third-order valence-electron chi connectivity index (χ3n) is 4.49. The summed E-state index contributed by atoms with van der Waals surface area (Å²) >= 11 is 0. The molecule has 0 saturated heterocycles. The molecule has 1 heterocycles. The highest BCUT2D eigenvalue weighted by atomic mass is 32.2. The van der Waals surface area contributed by atoms with Gasteiger partial charge >= 0.3 is 0 Å². The van der Waals surface area contributed by atoms with Crippen LogP contribution < -0.4 is 4.72 Å². The van der Waals surface area contributed by atoms with Crippen molar-refractivity contribution in [3.05, 3.63) is 23.7 Å². The Morgan fingerprint density at radius 1 is 1.39 bits per heavy atom. The molecule has 2 saturated carbocycles. The van der Waals surface area contributed by atoms with E-state index in [1.807, 2.05) is 17.0 Å². The van der Waals surface area contributed by atoms with Crippen LogP contribution in [0.4, 0.5) is 0 Å². The van der Waals surface area contributed by atoms with Crippen molar-refractivity contribution in [1.29, 1.82) is 0 Å². The number of nitrogens with one attached hydrogen (secondary N) is 1. The number of amides is 1. The summed E-state index contributed by atoms with van der Waals surface area (Å²) in [5, 5.41) is 0. The van der Waals surface area contributed by atoms with Gasteiger partial charge < -0.3 is 9.32 Å². The molecule has 1 aromatic heterocycles. The van der Waals surface area contributed by atoms with Crippen LogP contribution in [-0.2, 0) is 21.4 Å². The predicted molar refractivity (Wildman–Crippen MR) is 86.3 cm³/mol. The van der Waals surface area contributed by atoms with Crippen LogP contribution >= 0.6 is 0 Å². The minimum atomic E-state index is -3.25. The second-order valence-corrected chi connectivity index (χ2v) is 8.63. The number of furan rings is 1. The molecule has 0 bridgehead atoms. The quantitative estimate of drug-likeness (QED) is 0.783. The predicted octanol–water partition coefficient (Wildman–Crippen LogP) is 1.83. The van der Waals surface area contributed by atoms with Crippen molar-refractivity contribution < 1.29 is 17.6 Å². The van der Waals surface area contributed by atoms with Crippen LogP contribution in [0, 0.1) is 5.92 Å². The van der Waals surface area contributed by atoms with Crippen molar-refractivity contribution in [3.63, 3.8) is 0 Å². The summed E-state index contributed by atoms with van der Waals surface area (Å²) in [4.78, 5) is 14.2. The van der Waals surface area contributed by atoms with Gasteiger partial charge in [0.1, 0.15) is 11.5 Å². The van der Waals surface area contributed by atoms with Crippen molar-refractivity contribution in [2.24, 2.45) is 5.92 Å². The monoisotopic (exact) mass is 340 g/mol. The Bertz CT molecular complexity index is 678. The molecule has 2 fully saturated rings. The Morgan fingerprint density at radius 2 is 2.09 bits per heavy atom. The molecular formula is C16H24N2O4S. The highest BCUT2D eigenvalue weighted by Crippen LogP contribution is 2.47. The zero-order valence-electron chi connectivity index (χ0n) is 13.6. The highest BCUT2D eigenvalue weighted by Gasteiger charge is 2.37. The SMILES string of the molecule is C[C@H]1C[C@H]1c1ccc(CN(C(=O)CCNS(C)(=O)=O)C2CC2)o1. The van der Waals surface area contributed by atoms with Crippen LogP contribution in [0.3, 0.4) is 0 Å². The summed E-state index contributed by atoms with van der Waals surface area (Å²) < 4.78 is 30.4. The Balaban J connectivity index is 1.56. The van der Waals surface area contributed by atoms with Gasteiger partial charge in [0.05, 0.1) is 12.8 Å². The molecule has 2 aliphatic carbocycles. The lowest BCUT2D eigenvalue weighted by molar-refractivity contribution is -0.132. The van der Waals surface area contributed by atoms with Crippen LogP contribution in [0.5, 0.6) is 0 Å². The molecule has 0 aromatic carbocycles. The molecule has 3 rings (SSSR count). The topological polar surface area (TPSA) is 79.6 Å². The molecule has 1 aromatic rings. The molecule has 6 nitrogen and oxygen atoms in total. The average Bonchev–Trinajstić information content (AvgIpc) is 3.36. The van der Waals surface area contributed by atoms with E-state index in [-0.39, 0.29) is 24.9 Å². The molecule has 0 aliphatic heterocycles. The normalized spacial score (nSPS) is 23.7. The molecule has 7 heteroatoms. The number of sulfonamides is 1. The van der Waals surface area contributed by atoms with Gasteiger partial charge in [0.25, 0.3) is 0 Å². The lowest BCUT2D eigenvalue weighted by atomic mass is 10.3. The molecule has 0 spiro atoms. The van der Waals surface area contributed by atoms with Gasteiger partial charge in [0.2, 0.25) is 15.9 Å². The number of hydrogen-bond donors (Lipinski definition) is 1. The number of nitrogens with zero attached hydrogens (tertiary/aromatic N) is 1. The average molecular weight is 340 g/mol. The van der Waals surface area contributed by atoms with Crippen LogP contribution in [0.25, 0.3) is 0 Å². The van der Waals surface area contributed by atoms with E-state index in [0.29, 0.717) is 18.4 Å². The van der Waals surface area contributed by atoms with E-state index in [1.54, 1.807) is 0 Å². The summed E-state index contributed by atoms with van der Waals surface area (Å²) in [7, 11) is -3.25. The Hall–Kier alpha value is -1.34. The fourth-order valence-electron chi connectivity index (χ4n) is 2.86. The van der Waals surface area contributed by atoms with Crippen molar-refractivity contribution in [2.45, 2.75) is 51.1 Å². The summed E-state index contributed by atoms with van der Waals surface area (Å²) in [6.45, 7) is 2.83. The van der Waals surface area contributed by atoms with E-state index < -0.39 is 10.0 Å². The fourth-order valence-corrected chi connectivity index (χ4v) is 3.33. The first-order valence-electron chi connectivity index (χ1n) is 8.16. The first-order valence-corrected chi connectivity index (χ1v) is 10.1. The van der Waals surface area contributed by atoms with E-state index in [9.17, 15) is 13.2 Å². The summed E-state index contributed by atoms with van der Waals surface area (Å²) in [6, 6.07) is 4.25. The van der Waals surface area contributed by atoms with Gasteiger partial charge in [-0.05, 0) is 37.3 Å². The third kappa shape index (κ3) is 4.57. The number of carbonyl (C=O) groups excluding carboxylic acids is 1. The second kappa shape index (κ2) is 6.28. The van der Waals surface area contributed by atoms with E-state index in [4.69, 9.17) is 4.42 Å². The maximum absolute atomic E-state index is 12.4. The molecular weight excluding hydrogens is 316 g/mol. The van der Waals surface area contributed by atoms with Crippen LogP contribution in [0.15, 0.2) is 16.5 Å². The van der Waals surface area contributed by atoms with E-state index in [0.717, 1.165) is 30.6 Å². The largest absolute Gasteiger partial charge is 0.464 e. The fraction of sp³-hybridized carbons (Fsp3) is 0.688. The zero-order valence-corrected chi connectivity index (χ0v) is 14.4. The lowest BCUT2D eigenvalue weighted by Gasteiger charge is -2.21. The summed E-state index contributed by atoms with van der Waals surface area (Å²) in [5.41, 5.74) is 0. The van der Waals surface area contributed by atoms with Crippen LogP contribution in [0.1, 0.15) is 50.0 Å². The molecule has 1 N–H and O–H groups in total. The van der Waals surface area contributed by atoms with E-state index in [2.05, 4.69) is 11.6 Å². The van der Waals surface area contributed by atoms with Crippen LogP contribution in [0.2, 0.25) is 0 Å². The minimum Gasteiger partial charge on any atom is -0.464 e. The van der Waals surface area contributed by atoms with Crippen molar-refractivity contribution >= 4 is 15.9 Å². The zero-order chi connectivity index (χ0) is 16.6. The van der Waals surface area contributed by atoms with Crippen molar-refractivity contribution in [1.82, 2.24) is 9.62 Å². The molecule has 2 aliphatic rings. The number of rotatable bonds is 8.